The molecule has 38 heavy (non-hydrogen) atoms. The van der Waals surface area contributed by atoms with Crippen molar-refractivity contribution in [3.8, 4) is 11.5 Å². The van der Waals surface area contributed by atoms with Crippen molar-refractivity contribution in [2.75, 3.05) is 20.2 Å². The molecule has 3 aromatic rings. The van der Waals surface area contributed by atoms with Crippen LogP contribution >= 0.6 is 0 Å². The standard InChI is InChI=1S/C32H39NO5/c1-3-4-5-6-11-21-33(22-20-26-12-8-10-15-30(26)37-2)31(34)23-25-16-18-28(19-17-25)38-24-27-13-7-9-14-29(27)32(35)36/h7-10,12-19H,3-6,11,20-24H2,1-2H3,(H,35,36). The first-order valence-corrected chi connectivity index (χ1v) is 13.4. The Hall–Kier alpha value is -3.80. The number of aromatic carboxylic acids is 1. The Bertz CT molecular complexity index is 1160. The van der Waals surface area contributed by atoms with Gasteiger partial charge in [-0.2, -0.15) is 0 Å². The lowest BCUT2D eigenvalue weighted by molar-refractivity contribution is -0.130. The van der Waals surface area contributed by atoms with Crippen LogP contribution in [0.3, 0.4) is 0 Å². The van der Waals surface area contributed by atoms with E-state index in [9.17, 15) is 14.7 Å². The summed E-state index contributed by atoms with van der Waals surface area (Å²) in [5.41, 5.74) is 2.87. The zero-order chi connectivity index (χ0) is 27.2. The van der Waals surface area contributed by atoms with Crippen molar-refractivity contribution in [1.29, 1.82) is 0 Å². The molecule has 0 aliphatic carbocycles. The predicted octanol–water partition coefficient (Wildman–Crippen LogP) is 6.56. The highest BCUT2D eigenvalue weighted by atomic mass is 16.5. The normalized spacial score (nSPS) is 10.7. The summed E-state index contributed by atoms with van der Waals surface area (Å²) in [4.78, 5) is 26.7. The fourth-order valence-electron chi connectivity index (χ4n) is 4.44. The molecule has 0 aliphatic rings. The number of ether oxygens (including phenoxy) is 2. The van der Waals surface area contributed by atoms with Crippen molar-refractivity contribution in [2.24, 2.45) is 0 Å². The van der Waals surface area contributed by atoms with Gasteiger partial charge in [0.15, 0.2) is 0 Å². The van der Waals surface area contributed by atoms with E-state index in [1.165, 1.54) is 19.3 Å². The molecule has 0 saturated carbocycles. The maximum absolute atomic E-state index is 13.3. The second-order valence-electron chi connectivity index (χ2n) is 9.43. The number of amides is 1. The van der Waals surface area contributed by atoms with E-state index in [1.54, 1.807) is 31.4 Å². The minimum Gasteiger partial charge on any atom is -0.496 e. The molecule has 1 N–H and O–H groups in total. The van der Waals surface area contributed by atoms with Crippen LogP contribution < -0.4 is 9.47 Å². The lowest BCUT2D eigenvalue weighted by atomic mass is 10.1. The van der Waals surface area contributed by atoms with Crippen molar-refractivity contribution >= 4 is 11.9 Å². The second kappa shape index (κ2) is 15.5. The summed E-state index contributed by atoms with van der Waals surface area (Å²) in [6.45, 7) is 3.77. The molecule has 0 spiro atoms. The highest BCUT2D eigenvalue weighted by Gasteiger charge is 2.15. The van der Waals surface area contributed by atoms with E-state index >= 15 is 0 Å². The second-order valence-corrected chi connectivity index (χ2v) is 9.43. The van der Waals surface area contributed by atoms with E-state index in [-0.39, 0.29) is 18.1 Å². The summed E-state index contributed by atoms with van der Waals surface area (Å²) in [7, 11) is 1.67. The number of nitrogens with zero attached hydrogens (tertiary/aromatic N) is 1. The Kier molecular flexibility index (Phi) is 11.7. The van der Waals surface area contributed by atoms with E-state index < -0.39 is 5.97 Å². The summed E-state index contributed by atoms with van der Waals surface area (Å²) in [6, 6.07) is 22.2. The van der Waals surface area contributed by atoms with Crippen LogP contribution in [0.15, 0.2) is 72.8 Å². The average Bonchev–Trinajstić information content (AvgIpc) is 2.94. The number of hydrogen-bond donors (Lipinski definition) is 1. The molecule has 0 saturated heterocycles. The highest BCUT2D eigenvalue weighted by Crippen LogP contribution is 2.20. The summed E-state index contributed by atoms with van der Waals surface area (Å²) >= 11 is 0. The van der Waals surface area contributed by atoms with Crippen LogP contribution in [0.25, 0.3) is 0 Å². The number of rotatable bonds is 16. The zero-order valence-electron chi connectivity index (χ0n) is 22.5. The third kappa shape index (κ3) is 8.94. The highest BCUT2D eigenvalue weighted by molar-refractivity contribution is 5.89. The molecule has 0 unspecified atom stereocenters. The maximum atomic E-state index is 13.3. The average molecular weight is 518 g/mol. The van der Waals surface area contributed by atoms with Gasteiger partial charge in [-0.25, -0.2) is 4.79 Å². The fourth-order valence-corrected chi connectivity index (χ4v) is 4.44. The van der Waals surface area contributed by atoms with Crippen LogP contribution in [0.1, 0.15) is 66.1 Å². The molecule has 0 atom stereocenters. The van der Waals surface area contributed by atoms with Crippen LogP contribution in [0.4, 0.5) is 0 Å². The molecular weight excluding hydrogens is 478 g/mol. The van der Waals surface area contributed by atoms with Gasteiger partial charge in [-0.15, -0.1) is 0 Å². The van der Waals surface area contributed by atoms with Gasteiger partial charge >= 0.3 is 5.97 Å². The number of carboxylic acids is 1. The van der Waals surface area contributed by atoms with Gasteiger partial charge in [0.2, 0.25) is 5.91 Å². The van der Waals surface area contributed by atoms with Gasteiger partial charge < -0.3 is 19.5 Å². The molecule has 0 fully saturated rings. The van der Waals surface area contributed by atoms with E-state index in [4.69, 9.17) is 9.47 Å². The maximum Gasteiger partial charge on any atom is 0.336 e. The van der Waals surface area contributed by atoms with Crippen molar-refractivity contribution in [3.05, 3.63) is 95.1 Å². The summed E-state index contributed by atoms with van der Waals surface area (Å²) in [5, 5.41) is 9.35. The SMILES string of the molecule is CCCCCCCN(CCc1ccccc1OC)C(=O)Cc1ccc(OCc2ccccc2C(=O)O)cc1. The van der Waals surface area contributed by atoms with Crippen LogP contribution in [0.2, 0.25) is 0 Å². The van der Waals surface area contributed by atoms with Gasteiger partial charge in [0.1, 0.15) is 18.1 Å². The van der Waals surface area contributed by atoms with Gasteiger partial charge in [0.25, 0.3) is 0 Å². The lowest BCUT2D eigenvalue weighted by Crippen LogP contribution is -2.35. The molecular formula is C32H39NO5. The monoisotopic (exact) mass is 517 g/mol. The Morgan fingerprint density at radius 2 is 1.50 bits per heavy atom. The number of hydrogen-bond acceptors (Lipinski definition) is 4. The smallest absolute Gasteiger partial charge is 0.336 e. The first kappa shape index (κ1) is 28.8. The third-order valence-electron chi connectivity index (χ3n) is 6.65. The largest absolute Gasteiger partial charge is 0.496 e. The number of carbonyl (C=O) groups excluding carboxylic acids is 1. The molecule has 3 rings (SSSR count). The van der Waals surface area contributed by atoms with Crippen LogP contribution in [-0.4, -0.2) is 42.1 Å². The molecule has 6 nitrogen and oxygen atoms in total. The minimum atomic E-state index is -0.973. The summed E-state index contributed by atoms with van der Waals surface area (Å²) < 4.78 is 11.3. The molecule has 0 bridgehead atoms. The van der Waals surface area contributed by atoms with E-state index in [1.807, 2.05) is 47.4 Å². The van der Waals surface area contributed by atoms with Gasteiger partial charge in [0.05, 0.1) is 19.1 Å². The Balaban J connectivity index is 1.59. The topological polar surface area (TPSA) is 76.1 Å². The van der Waals surface area contributed by atoms with Crippen LogP contribution in [-0.2, 0) is 24.2 Å². The van der Waals surface area contributed by atoms with Gasteiger partial charge in [0, 0.05) is 18.7 Å². The van der Waals surface area contributed by atoms with Crippen LogP contribution in [0, 0.1) is 0 Å². The molecule has 0 heterocycles. The van der Waals surface area contributed by atoms with E-state index in [0.717, 1.165) is 42.7 Å². The van der Waals surface area contributed by atoms with Gasteiger partial charge in [-0.05, 0) is 48.2 Å². The minimum absolute atomic E-state index is 0.111. The molecule has 0 radical (unpaired) electrons. The Labute approximate surface area is 226 Å². The molecule has 0 aromatic heterocycles. The first-order chi connectivity index (χ1) is 18.5. The van der Waals surface area contributed by atoms with Gasteiger partial charge in [-0.3, -0.25) is 4.79 Å². The van der Waals surface area contributed by atoms with E-state index in [2.05, 4.69) is 13.0 Å². The zero-order valence-corrected chi connectivity index (χ0v) is 22.5. The lowest BCUT2D eigenvalue weighted by Gasteiger charge is -2.23. The number of carboxylic acid groups (broad SMARTS) is 1. The Morgan fingerprint density at radius 3 is 2.21 bits per heavy atom. The number of benzene rings is 3. The predicted molar refractivity (Wildman–Crippen MR) is 150 cm³/mol. The Morgan fingerprint density at radius 1 is 0.816 bits per heavy atom. The number of para-hydroxylation sites is 1. The first-order valence-electron chi connectivity index (χ1n) is 13.4. The molecule has 0 aliphatic heterocycles. The van der Waals surface area contributed by atoms with Crippen molar-refractivity contribution < 1.29 is 24.2 Å². The van der Waals surface area contributed by atoms with Gasteiger partial charge in [-0.1, -0.05) is 81.1 Å². The van der Waals surface area contributed by atoms with Crippen molar-refractivity contribution in [3.63, 3.8) is 0 Å². The summed E-state index contributed by atoms with van der Waals surface area (Å²) in [5.74, 6) is 0.618. The third-order valence-corrected chi connectivity index (χ3v) is 6.65. The molecule has 3 aromatic carbocycles. The molecule has 6 heteroatoms. The van der Waals surface area contributed by atoms with E-state index in [0.29, 0.717) is 24.3 Å². The summed E-state index contributed by atoms with van der Waals surface area (Å²) in [6.07, 6.45) is 6.82. The fraction of sp³-hybridized carbons (Fsp3) is 0.375. The number of carbonyl (C=O) groups is 2. The van der Waals surface area contributed by atoms with Crippen LogP contribution in [0.5, 0.6) is 11.5 Å². The number of unbranched alkanes of at least 4 members (excludes halogenated alkanes) is 4. The van der Waals surface area contributed by atoms with Crippen molar-refractivity contribution in [2.45, 2.75) is 58.5 Å². The van der Waals surface area contributed by atoms with Crippen molar-refractivity contribution in [1.82, 2.24) is 4.90 Å². The number of methoxy groups -OCH3 is 1. The molecule has 202 valence electrons. The quantitative estimate of drug-likeness (QED) is 0.218. The molecule has 1 amide bonds.